The van der Waals surface area contributed by atoms with Gasteiger partial charge in [-0.25, -0.2) is 0 Å². The predicted molar refractivity (Wildman–Crippen MR) is 113 cm³/mol. The Bertz CT molecular complexity index is 735. The molecule has 1 unspecified atom stereocenters. The average Bonchev–Trinajstić information content (AvgIpc) is 2.66. The van der Waals surface area contributed by atoms with E-state index in [4.69, 9.17) is 10.1 Å². The molecule has 5 heteroatoms. The number of aromatic hydroxyl groups is 1. The summed E-state index contributed by atoms with van der Waals surface area (Å²) in [6, 6.07) is 3.77. The molecule has 3 N–H and O–H groups in total. The van der Waals surface area contributed by atoms with Crippen LogP contribution in [0.1, 0.15) is 50.7 Å². The van der Waals surface area contributed by atoms with Gasteiger partial charge in [0.2, 0.25) is 0 Å². The summed E-state index contributed by atoms with van der Waals surface area (Å²) in [7, 11) is 0. The number of phenolic OH excluding ortho intramolecular Hbond substituents is 1. The van der Waals surface area contributed by atoms with E-state index in [0.717, 1.165) is 17.5 Å². The van der Waals surface area contributed by atoms with Crippen LogP contribution in [0.2, 0.25) is 0 Å². The largest absolute Gasteiger partial charge is 0.505 e. The Kier molecular flexibility index (Phi) is 8.27. The molecular weight excluding hydrogens is 338 g/mol. The first kappa shape index (κ1) is 20.9. The number of unbranched alkanes of at least 4 members (excludes halogenated alkanes) is 1. The van der Waals surface area contributed by atoms with Crippen LogP contribution >= 0.6 is 0 Å². The van der Waals surface area contributed by atoms with Gasteiger partial charge >= 0.3 is 0 Å². The van der Waals surface area contributed by atoms with Gasteiger partial charge in [-0.2, -0.15) is 5.10 Å². The molecule has 0 heterocycles. The van der Waals surface area contributed by atoms with Crippen molar-refractivity contribution in [2.45, 2.75) is 53.1 Å². The quantitative estimate of drug-likeness (QED) is 0.296. The molecule has 5 nitrogen and oxygen atoms in total. The van der Waals surface area contributed by atoms with Gasteiger partial charge in [0.15, 0.2) is 0 Å². The molecule has 1 aliphatic rings. The van der Waals surface area contributed by atoms with E-state index in [1.807, 2.05) is 25.1 Å². The number of hydrogen-bond donors (Lipinski definition) is 3. The Morgan fingerprint density at radius 2 is 2.00 bits per heavy atom. The lowest BCUT2D eigenvalue weighted by Crippen LogP contribution is -2.12. The number of rotatable bonds is 10. The molecule has 0 saturated carbocycles. The highest BCUT2D eigenvalue weighted by Crippen LogP contribution is 2.30. The number of phenols is 1. The summed E-state index contributed by atoms with van der Waals surface area (Å²) in [5.74, 6) is 0.714. The van der Waals surface area contributed by atoms with Crippen molar-refractivity contribution in [1.82, 2.24) is 0 Å². The number of nitrogens with zero attached hydrogens (tertiary/aromatic N) is 1. The summed E-state index contributed by atoms with van der Waals surface area (Å²) < 4.78 is 5.89. The molecule has 0 aromatic heterocycles. The van der Waals surface area contributed by atoms with E-state index in [9.17, 15) is 5.11 Å². The third-order valence-corrected chi connectivity index (χ3v) is 4.69. The van der Waals surface area contributed by atoms with Gasteiger partial charge in [-0.1, -0.05) is 45.3 Å². The van der Waals surface area contributed by atoms with Gasteiger partial charge in [0, 0.05) is 12.2 Å². The van der Waals surface area contributed by atoms with Crippen LogP contribution < -0.4 is 5.43 Å². The molecule has 1 atom stereocenters. The molecule has 2 rings (SSSR count). The number of ether oxygens (including phenoxy) is 1. The molecule has 1 aromatic carbocycles. The fourth-order valence-corrected chi connectivity index (χ4v) is 2.97. The number of allylic oxidation sites excluding steroid dienone is 4. The van der Waals surface area contributed by atoms with Crippen LogP contribution in [-0.4, -0.2) is 23.1 Å². The van der Waals surface area contributed by atoms with Crippen LogP contribution in [0.3, 0.4) is 0 Å². The molecule has 0 saturated heterocycles. The van der Waals surface area contributed by atoms with Gasteiger partial charge < -0.3 is 9.84 Å². The highest BCUT2D eigenvalue weighted by Gasteiger charge is 2.12. The van der Waals surface area contributed by atoms with E-state index in [1.54, 1.807) is 18.2 Å². The maximum atomic E-state index is 10.6. The molecule has 0 amide bonds. The van der Waals surface area contributed by atoms with Crippen LogP contribution in [0.5, 0.6) is 5.75 Å². The van der Waals surface area contributed by atoms with Crippen molar-refractivity contribution in [1.29, 1.82) is 5.41 Å². The second kappa shape index (κ2) is 10.7. The molecule has 0 spiro atoms. The molecule has 1 aromatic rings. The highest BCUT2D eigenvalue weighted by molar-refractivity contribution is 6.50. The number of nitrogens with one attached hydrogen (secondary N) is 2. The Balaban J connectivity index is 2.02. The van der Waals surface area contributed by atoms with E-state index in [2.05, 4.69) is 24.4 Å². The summed E-state index contributed by atoms with van der Waals surface area (Å²) in [6.45, 7) is 7.46. The Hall–Kier alpha value is -2.40. The Labute approximate surface area is 162 Å². The smallest absolute Gasteiger partial charge is 0.146 e. The van der Waals surface area contributed by atoms with Gasteiger partial charge in [0.25, 0.3) is 0 Å². The third kappa shape index (κ3) is 6.36. The topological polar surface area (TPSA) is 77.7 Å². The van der Waals surface area contributed by atoms with E-state index < -0.39 is 0 Å². The first-order valence-corrected chi connectivity index (χ1v) is 9.72. The van der Waals surface area contributed by atoms with Crippen LogP contribution in [0.25, 0.3) is 0 Å². The van der Waals surface area contributed by atoms with Gasteiger partial charge in [-0.15, -0.1) is 0 Å². The van der Waals surface area contributed by atoms with Crippen LogP contribution in [0.4, 0.5) is 5.69 Å². The number of hydrazone groups is 1. The SMILES string of the molecule is CCCCC(CC)COCc1cc(C)cc(N/N=C2/C=CC=CC2=N)c1O. The van der Waals surface area contributed by atoms with Crippen molar-refractivity contribution < 1.29 is 9.84 Å². The van der Waals surface area contributed by atoms with E-state index >= 15 is 0 Å². The zero-order valence-electron chi connectivity index (χ0n) is 16.6. The zero-order valence-corrected chi connectivity index (χ0v) is 16.6. The van der Waals surface area contributed by atoms with E-state index in [1.165, 1.54) is 19.3 Å². The zero-order chi connectivity index (χ0) is 19.6. The normalized spacial score (nSPS) is 16.1. The standard InChI is InChI=1S/C22H31N3O2/c1-4-6-9-17(5-2)14-27-15-18-12-16(3)13-21(22(18)26)25-24-20-11-8-7-10-19(20)23/h7-8,10-13,17,23,25-26H,4-6,9,14-15H2,1-3H3/b23-19?,24-20-. The molecule has 0 aliphatic heterocycles. The minimum atomic E-state index is 0.147. The molecular formula is C22H31N3O2. The van der Waals surface area contributed by atoms with Crippen LogP contribution in [0.15, 0.2) is 41.5 Å². The Morgan fingerprint density at radius 3 is 2.70 bits per heavy atom. The lowest BCUT2D eigenvalue weighted by Gasteiger charge is -2.16. The van der Waals surface area contributed by atoms with Crippen molar-refractivity contribution in [3.8, 4) is 5.75 Å². The maximum absolute atomic E-state index is 10.6. The van der Waals surface area contributed by atoms with Crippen molar-refractivity contribution in [3.63, 3.8) is 0 Å². The molecule has 146 valence electrons. The van der Waals surface area contributed by atoms with Gasteiger partial charge in [-0.3, -0.25) is 10.8 Å². The number of benzene rings is 1. The van der Waals surface area contributed by atoms with Crippen molar-refractivity contribution in [2.75, 3.05) is 12.0 Å². The second-order valence-corrected chi connectivity index (χ2v) is 6.99. The van der Waals surface area contributed by atoms with Gasteiger partial charge in [0.1, 0.15) is 11.5 Å². The minimum Gasteiger partial charge on any atom is -0.505 e. The fourth-order valence-electron chi connectivity index (χ4n) is 2.97. The average molecular weight is 370 g/mol. The van der Waals surface area contributed by atoms with Crippen LogP contribution in [0, 0.1) is 18.3 Å². The maximum Gasteiger partial charge on any atom is 0.146 e. The number of aryl methyl sites for hydroxylation is 1. The van der Waals surface area contributed by atoms with Crippen molar-refractivity contribution >= 4 is 17.1 Å². The fraction of sp³-hybridized carbons (Fsp3) is 0.455. The number of hydrogen-bond acceptors (Lipinski definition) is 5. The Morgan fingerprint density at radius 1 is 1.22 bits per heavy atom. The molecule has 1 aliphatic carbocycles. The molecule has 0 bridgehead atoms. The summed E-state index contributed by atoms with van der Waals surface area (Å²) in [5.41, 5.74) is 6.03. The van der Waals surface area contributed by atoms with Crippen molar-refractivity contribution in [2.24, 2.45) is 11.0 Å². The highest BCUT2D eigenvalue weighted by atomic mass is 16.5. The van der Waals surface area contributed by atoms with Gasteiger partial charge in [-0.05, 0) is 49.1 Å². The molecule has 0 radical (unpaired) electrons. The summed E-state index contributed by atoms with van der Waals surface area (Å²) in [5, 5.41) is 22.7. The molecule has 0 fully saturated rings. The predicted octanol–water partition coefficient (Wildman–Crippen LogP) is 5.35. The van der Waals surface area contributed by atoms with E-state index in [0.29, 0.717) is 36.2 Å². The monoisotopic (exact) mass is 369 g/mol. The number of anilines is 1. The summed E-state index contributed by atoms with van der Waals surface area (Å²) in [6.07, 6.45) is 11.8. The second-order valence-electron chi connectivity index (χ2n) is 6.99. The summed E-state index contributed by atoms with van der Waals surface area (Å²) >= 11 is 0. The summed E-state index contributed by atoms with van der Waals surface area (Å²) in [4.78, 5) is 0. The van der Waals surface area contributed by atoms with Crippen LogP contribution in [-0.2, 0) is 11.3 Å². The van der Waals surface area contributed by atoms with Gasteiger partial charge in [0.05, 0.1) is 18.0 Å². The minimum absolute atomic E-state index is 0.147. The third-order valence-electron chi connectivity index (χ3n) is 4.69. The van der Waals surface area contributed by atoms with E-state index in [-0.39, 0.29) is 5.75 Å². The lowest BCUT2D eigenvalue weighted by molar-refractivity contribution is 0.0807. The van der Waals surface area contributed by atoms with Crippen molar-refractivity contribution in [3.05, 3.63) is 47.6 Å². The first-order valence-electron chi connectivity index (χ1n) is 9.72. The first-order chi connectivity index (χ1) is 13.0. The lowest BCUT2D eigenvalue weighted by atomic mass is 10.0. The molecule has 27 heavy (non-hydrogen) atoms.